The lowest BCUT2D eigenvalue weighted by Gasteiger charge is -2.11. The zero-order valence-electron chi connectivity index (χ0n) is 8.52. The molecular formula is C10H6F4N2O. The summed E-state index contributed by atoms with van der Waals surface area (Å²) in [5.41, 5.74) is -2.85. The first-order valence-electron chi connectivity index (χ1n) is 4.34. The van der Waals surface area contributed by atoms with Crippen LogP contribution in [0.2, 0.25) is 0 Å². The van der Waals surface area contributed by atoms with Gasteiger partial charge in [-0.25, -0.2) is 4.39 Å². The molecule has 0 fully saturated rings. The van der Waals surface area contributed by atoms with Crippen LogP contribution in [0.15, 0.2) is 12.1 Å². The number of hydrogen-bond donors (Lipinski definition) is 1. The molecule has 0 aromatic heterocycles. The van der Waals surface area contributed by atoms with Gasteiger partial charge in [-0.3, -0.25) is 4.79 Å². The molecule has 1 N–H and O–H groups in total. The van der Waals surface area contributed by atoms with E-state index in [-0.39, 0.29) is 5.69 Å². The van der Waals surface area contributed by atoms with Crippen LogP contribution in [-0.4, -0.2) is 5.91 Å². The van der Waals surface area contributed by atoms with Gasteiger partial charge < -0.3 is 5.32 Å². The fraction of sp³-hybridized carbons (Fsp3) is 0.200. The predicted molar refractivity (Wildman–Crippen MR) is 50.4 cm³/mol. The fourth-order valence-corrected chi connectivity index (χ4v) is 1.22. The lowest BCUT2D eigenvalue weighted by atomic mass is 10.1. The van der Waals surface area contributed by atoms with E-state index < -0.39 is 29.0 Å². The van der Waals surface area contributed by atoms with E-state index in [0.717, 1.165) is 13.0 Å². The summed E-state index contributed by atoms with van der Waals surface area (Å²) in [5.74, 6) is -1.96. The minimum atomic E-state index is -4.86. The summed E-state index contributed by atoms with van der Waals surface area (Å²) in [6.07, 6.45) is -4.86. The summed E-state index contributed by atoms with van der Waals surface area (Å²) in [6, 6.07) is 2.32. The molecule has 0 bridgehead atoms. The number of nitrogens with one attached hydrogen (secondary N) is 1. The molecule has 1 amide bonds. The molecule has 90 valence electrons. The standard InChI is InChI=1S/C10H6F4N2O/c1-5(17)16-6-2-8(10(12,13)14)7(4-15)9(11)3-6/h2-3H,1H3,(H,16,17). The molecule has 0 atom stereocenters. The summed E-state index contributed by atoms with van der Waals surface area (Å²) in [7, 11) is 0. The van der Waals surface area contributed by atoms with Gasteiger partial charge in [0.05, 0.1) is 5.56 Å². The Labute approximate surface area is 93.7 Å². The largest absolute Gasteiger partial charge is 0.417 e. The number of benzene rings is 1. The molecule has 1 rings (SSSR count). The second kappa shape index (κ2) is 4.41. The predicted octanol–water partition coefficient (Wildman–Crippen LogP) is 2.67. The maximum Gasteiger partial charge on any atom is 0.417 e. The summed E-state index contributed by atoms with van der Waals surface area (Å²) < 4.78 is 50.7. The Balaban J connectivity index is 3.40. The second-order valence-corrected chi connectivity index (χ2v) is 3.17. The van der Waals surface area contributed by atoms with Crippen molar-refractivity contribution >= 4 is 11.6 Å². The van der Waals surface area contributed by atoms with Crippen LogP contribution in [0.4, 0.5) is 23.2 Å². The van der Waals surface area contributed by atoms with E-state index in [2.05, 4.69) is 0 Å². The van der Waals surface area contributed by atoms with Crippen LogP contribution in [0.25, 0.3) is 0 Å². The molecule has 0 heterocycles. The van der Waals surface area contributed by atoms with Gasteiger partial charge in [-0.1, -0.05) is 0 Å². The lowest BCUT2D eigenvalue weighted by Crippen LogP contribution is -2.12. The van der Waals surface area contributed by atoms with E-state index in [9.17, 15) is 22.4 Å². The zero-order chi connectivity index (χ0) is 13.2. The van der Waals surface area contributed by atoms with Gasteiger partial charge in [-0.05, 0) is 12.1 Å². The highest BCUT2D eigenvalue weighted by Gasteiger charge is 2.35. The number of anilines is 1. The topological polar surface area (TPSA) is 52.9 Å². The summed E-state index contributed by atoms with van der Waals surface area (Å²) in [5, 5.41) is 10.5. The van der Waals surface area contributed by atoms with Crippen molar-refractivity contribution in [1.29, 1.82) is 5.26 Å². The molecule has 1 aromatic carbocycles. The van der Waals surface area contributed by atoms with Crippen molar-refractivity contribution in [3.63, 3.8) is 0 Å². The van der Waals surface area contributed by atoms with Gasteiger partial charge in [0, 0.05) is 12.6 Å². The van der Waals surface area contributed by atoms with Crippen LogP contribution >= 0.6 is 0 Å². The SMILES string of the molecule is CC(=O)Nc1cc(F)c(C#N)c(C(F)(F)F)c1. The first-order valence-corrected chi connectivity index (χ1v) is 4.34. The highest BCUT2D eigenvalue weighted by Crippen LogP contribution is 2.34. The molecular weight excluding hydrogens is 240 g/mol. The molecule has 0 spiro atoms. The molecule has 0 unspecified atom stereocenters. The maximum absolute atomic E-state index is 13.2. The first kappa shape index (κ1) is 13.0. The van der Waals surface area contributed by atoms with Crippen molar-refractivity contribution in [3.05, 3.63) is 29.1 Å². The van der Waals surface area contributed by atoms with Crippen molar-refractivity contribution in [2.24, 2.45) is 0 Å². The monoisotopic (exact) mass is 246 g/mol. The quantitative estimate of drug-likeness (QED) is 0.774. The highest BCUT2D eigenvalue weighted by atomic mass is 19.4. The number of alkyl halides is 3. The number of halogens is 4. The van der Waals surface area contributed by atoms with Crippen LogP contribution in [0.3, 0.4) is 0 Å². The van der Waals surface area contributed by atoms with Gasteiger partial charge in [0.25, 0.3) is 0 Å². The summed E-state index contributed by atoms with van der Waals surface area (Å²) in [6.45, 7) is 1.07. The summed E-state index contributed by atoms with van der Waals surface area (Å²) >= 11 is 0. The fourth-order valence-electron chi connectivity index (χ4n) is 1.22. The van der Waals surface area contributed by atoms with Crippen LogP contribution in [0.1, 0.15) is 18.1 Å². The minimum absolute atomic E-state index is 0.346. The smallest absolute Gasteiger partial charge is 0.326 e. The Hall–Kier alpha value is -2.10. The number of carbonyl (C=O) groups is 1. The van der Waals surface area contributed by atoms with Gasteiger partial charge in [0.15, 0.2) is 0 Å². The number of rotatable bonds is 1. The van der Waals surface area contributed by atoms with Gasteiger partial charge in [0.1, 0.15) is 17.4 Å². The Morgan fingerprint density at radius 2 is 2.00 bits per heavy atom. The Kier molecular flexibility index (Phi) is 3.36. The Morgan fingerprint density at radius 3 is 2.41 bits per heavy atom. The molecule has 0 saturated heterocycles. The molecule has 0 radical (unpaired) electrons. The molecule has 0 aliphatic carbocycles. The van der Waals surface area contributed by atoms with Gasteiger partial charge in [0.2, 0.25) is 5.91 Å². The van der Waals surface area contributed by atoms with Crippen molar-refractivity contribution in [2.75, 3.05) is 5.32 Å². The molecule has 1 aromatic rings. The van der Waals surface area contributed by atoms with Gasteiger partial charge in [-0.2, -0.15) is 18.4 Å². The Morgan fingerprint density at radius 1 is 1.41 bits per heavy atom. The van der Waals surface area contributed by atoms with E-state index in [1.807, 2.05) is 5.32 Å². The number of amides is 1. The van der Waals surface area contributed by atoms with E-state index in [1.54, 1.807) is 0 Å². The van der Waals surface area contributed by atoms with Crippen LogP contribution in [-0.2, 0) is 11.0 Å². The normalized spacial score (nSPS) is 10.8. The molecule has 0 aliphatic rings. The van der Waals surface area contributed by atoms with Crippen LogP contribution in [0.5, 0.6) is 0 Å². The van der Waals surface area contributed by atoms with Crippen LogP contribution < -0.4 is 5.32 Å². The van der Waals surface area contributed by atoms with E-state index >= 15 is 0 Å². The zero-order valence-corrected chi connectivity index (χ0v) is 8.52. The molecule has 0 saturated carbocycles. The Bertz CT molecular complexity index is 502. The van der Waals surface area contributed by atoms with E-state index in [1.165, 1.54) is 0 Å². The number of nitrogens with zero attached hydrogens (tertiary/aromatic N) is 1. The number of nitriles is 1. The summed E-state index contributed by atoms with van der Waals surface area (Å²) in [4.78, 5) is 10.7. The molecule has 7 heteroatoms. The van der Waals surface area contributed by atoms with E-state index in [4.69, 9.17) is 5.26 Å². The lowest BCUT2D eigenvalue weighted by molar-refractivity contribution is -0.138. The second-order valence-electron chi connectivity index (χ2n) is 3.17. The third-order valence-corrected chi connectivity index (χ3v) is 1.83. The van der Waals surface area contributed by atoms with Crippen molar-refractivity contribution in [2.45, 2.75) is 13.1 Å². The van der Waals surface area contributed by atoms with Crippen molar-refractivity contribution in [3.8, 4) is 6.07 Å². The third kappa shape index (κ3) is 2.93. The average molecular weight is 246 g/mol. The van der Waals surface area contributed by atoms with Crippen molar-refractivity contribution < 1.29 is 22.4 Å². The highest BCUT2D eigenvalue weighted by molar-refractivity contribution is 5.88. The first-order chi connectivity index (χ1) is 7.75. The van der Waals surface area contributed by atoms with Crippen LogP contribution in [0, 0.1) is 17.1 Å². The van der Waals surface area contributed by atoms with Crippen molar-refractivity contribution in [1.82, 2.24) is 0 Å². The number of hydrogen-bond acceptors (Lipinski definition) is 2. The average Bonchev–Trinajstić information content (AvgIpc) is 2.14. The number of carbonyl (C=O) groups excluding carboxylic acids is 1. The molecule has 0 aliphatic heterocycles. The minimum Gasteiger partial charge on any atom is -0.326 e. The maximum atomic E-state index is 13.2. The van der Waals surface area contributed by atoms with E-state index in [0.29, 0.717) is 12.1 Å². The molecule has 17 heavy (non-hydrogen) atoms. The molecule has 3 nitrogen and oxygen atoms in total. The van der Waals surface area contributed by atoms with Gasteiger partial charge >= 0.3 is 6.18 Å². The third-order valence-electron chi connectivity index (χ3n) is 1.83. The van der Waals surface area contributed by atoms with Gasteiger partial charge in [-0.15, -0.1) is 0 Å².